The molecule has 1 aromatic rings. The smallest absolute Gasteiger partial charge is 0.213 e. The van der Waals surface area contributed by atoms with Crippen LogP contribution in [0, 0.1) is 0 Å². The molecule has 0 amide bonds. The van der Waals surface area contributed by atoms with Crippen molar-refractivity contribution in [2.75, 3.05) is 6.54 Å². The van der Waals surface area contributed by atoms with Crippen LogP contribution in [0.3, 0.4) is 0 Å². The summed E-state index contributed by atoms with van der Waals surface area (Å²) in [5.41, 5.74) is 1.26. The Kier molecular flexibility index (Phi) is 5.00. The first-order valence-corrected chi connectivity index (χ1v) is 7.15. The molecule has 1 saturated carbocycles. The van der Waals surface area contributed by atoms with Crippen LogP contribution in [0.2, 0.25) is 0 Å². The molecule has 0 spiro atoms. The zero-order chi connectivity index (χ0) is 12.8. The van der Waals surface area contributed by atoms with Gasteiger partial charge in [0.1, 0.15) is 6.10 Å². The maximum atomic E-state index is 5.93. The van der Waals surface area contributed by atoms with Crippen molar-refractivity contribution in [3.05, 3.63) is 23.9 Å². The van der Waals surface area contributed by atoms with Crippen molar-refractivity contribution in [3.8, 4) is 5.88 Å². The molecule has 1 aliphatic carbocycles. The van der Waals surface area contributed by atoms with Crippen molar-refractivity contribution in [2.45, 2.75) is 58.1 Å². The van der Waals surface area contributed by atoms with Crippen LogP contribution in [0.4, 0.5) is 0 Å². The molecule has 0 radical (unpaired) electrons. The maximum Gasteiger partial charge on any atom is 0.213 e. The van der Waals surface area contributed by atoms with Gasteiger partial charge in [0, 0.05) is 18.3 Å². The first-order chi connectivity index (χ1) is 8.79. The number of hydrogen-bond acceptors (Lipinski definition) is 3. The Morgan fingerprint density at radius 3 is 2.94 bits per heavy atom. The molecule has 1 unspecified atom stereocenters. The average Bonchev–Trinajstić information content (AvgIpc) is 2.89. The minimum absolute atomic E-state index is 0.360. The Morgan fingerprint density at radius 2 is 2.22 bits per heavy atom. The molecule has 0 aromatic carbocycles. The van der Waals surface area contributed by atoms with E-state index >= 15 is 0 Å². The summed E-state index contributed by atoms with van der Waals surface area (Å²) in [5.74, 6) is 0.782. The lowest BCUT2D eigenvalue weighted by Crippen LogP contribution is -2.19. The Morgan fingerprint density at radius 1 is 1.44 bits per heavy atom. The van der Waals surface area contributed by atoms with Crippen LogP contribution in [0.25, 0.3) is 0 Å². The molecule has 1 N–H and O–H groups in total. The molecule has 1 aromatic heterocycles. The summed E-state index contributed by atoms with van der Waals surface area (Å²) in [4.78, 5) is 4.32. The molecule has 0 aliphatic heterocycles. The topological polar surface area (TPSA) is 34.2 Å². The summed E-state index contributed by atoms with van der Waals surface area (Å²) in [6, 6.07) is 4.50. The van der Waals surface area contributed by atoms with E-state index in [0.717, 1.165) is 18.8 Å². The number of ether oxygens (including phenoxy) is 1. The molecule has 0 bridgehead atoms. The van der Waals surface area contributed by atoms with E-state index in [1.165, 1.54) is 31.2 Å². The molecule has 3 nitrogen and oxygen atoms in total. The molecule has 1 aliphatic rings. The van der Waals surface area contributed by atoms with Crippen LogP contribution in [-0.2, 0) is 0 Å². The van der Waals surface area contributed by atoms with Crippen molar-refractivity contribution in [1.82, 2.24) is 10.3 Å². The summed E-state index contributed by atoms with van der Waals surface area (Å²) in [5, 5.41) is 3.49. The molecule has 1 heterocycles. The minimum Gasteiger partial charge on any atom is -0.474 e. The van der Waals surface area contributed by atoms with Crippen molar-refractivity contribution in [1.29, 1.82) is 0 Å². The molecule has 100 valence electrons. The molecule has 2 rings (SSSR count). The summed E-state index contributed by atoms with van der Waals surface area (Å²) in [7, 11) is 0. The van der Waals surface area contributed by atoms with Crippen LogP contribution in [0.5, 0.6) is 5.88 Å². The van der Waals surface area contributed by atoms with Crippen molar-refractivity contribution in [2.24, 2.45) is 0 Å². The number of nitrogens with zero attached hydrogens (tertiary/aromatic N) is 1. The van der Waals surface area contributed by atoms with Gasteiger partial charge in [-0.25, -0.2) is 4.98 Å². The first kappa shape index (κ1) is 13.3. The van der Waals surface area contributed by atoms with E-state index in [1.54, 1.807) is 0 Å². The normalized spacial score (nSPS) is 17.9. The van der Waals surface area contributed by atoms with Crippen LogP contribution in [0.1, 0.15) is 57.6 Å². The molecule has 1 atom stereocenters. The van der Waals surface area contributed by atoms with Crippen LogP contribution in [0.15, 0.2) is 18.3 Å². The van der Waals surface area contributed by atoms with Crippen molar-refractivity contribution < 1.29 is 4.74 Å². The standard InChI is InChI=1S/C15H24N2O/c1-3-9-16-12(2)13-8-10-17-15(11-13)18-14-6-4-5-7-14/h8,10-12,14,16H,3-7,9H2,1-2H3. The maximum absolute atomic E-state index is 5.93. The number of nitrogens with one attached hydrogen (secondary N) is 1. The highest BCUT2D eigenvalue weighted by Crippen LogP contribution is 2.24. The van der Waals surface area contributed by atoms with Gasteiger partial charge in [0.2, 0.25) is 5.88 Å². The van der Waals surface area contributed by atoms with Gasteiger partial charge in [-0.2, -0.15) is 0 Å². The van der Waals surface area contributed by atoms with E-state index in [0.29, 0.717) is 12.1 Å². The highest BCUT2D eigenvalue weighted by molar-refractivity contribution is 5.23. The van der Waals surface area contributed by atoms with E-state index in [2.05, 4.69) is 36.3 Å². The molecular formula is C15H24N2O. The lowest BCUT2D eigenvalue weighted by Gasteiger charge is -2.16. The fourth-order valence-electron chi connectivity index (χ4n) is 2.41. The Bertz CT molecular complexity index is 361. The molecule has 3 heteroatoms. The van der Waals surface area contributed by atoms with Gasteiger partial charge in [-0.3, -0.25) is 0 Å². The van der Waals surface area contributed by atoms with E-state index in [-0.39, 0.29) is 0 Å². The van der Waals surface area contributed by atoms with Gasteiger partial charge >= 0.3 is 0 Å². The molecule has 0 saturated heterocycles. The Labute approximate surface area is 110 Å². The lowest BCUT2D eigenvalue weighted by atomic mass is 10.1. The highest BCUT2D eigenvalue weighted by Gasteiger charge is 2.17. The summed E-state index contributed by atoms with van der Waals surface area (Å²) in [6.07, 6.45) is 8.32. The van der Waals surface area contributed by atoms with E-state index in [9.17, 15) is 0 Å². The van der Waals surface area contributed by atoms with Crippen LogP contribution < -0.4 is 10.1 Å². The van der Waals surface area contributed by atoms with Gasteiger partial charge in [-0.15, -0.1) is 0 Å². The minimum atomic E-state index is 0.360. The SMILES string of the molecule is CCCNC(C)c1ccnc(OC2CCCC2)c1. The number of rotatable bonds is 6. The van der Waals surface area contributed by atoms with Gasteiger partial charge in [0.25, 0.3) is 0 Å². The summed E-state index contributed by atoms with van der Waals surface area (Å²) < 4.78 is 5.93. The zero-order valence-corrected chi connectivity index (χ0v) is 11.5. The second kappa shape index (κ2) is 6.74. The van der Waals surface area contributed by atoms with Gasteiger partial charge in [0.15, 0.2) is 0 Å². The van der Waals surface area contributed by atoms with Gasteiger partial charge in [0.05, 0.1) is 0 Å². The third-order valence-electron chi connectivity index (χ3n) is 3.55. The van der Waals surface area contributed by atoms with E-state index in [1.807, 2.05) is 6.20 Å². The number of pyridine rings is 1. The molecule has 1 fully saturated rings. The third kappa shape index (κ3) is 3.70. The largest absolute Gasteiger partial charge is 0.474 e. The highest BCUT2D eigenvalue weighted by atomic mass is 16.5. The molecular weight excluding hydrogens is 224 g/mol. The van der Waals surface area contributed by atoms with Crippen LogP contribution in [-0.4, -0.2) is 17.6 Å². The van der Waals surface area contributed by atoms with Crippen LogP contribution >= 0.6 is 0 Å². The zero-order valence-electron chi connectivity index (χ0n) is 11.5. The third-order valence-corrected chi connectivity index (χ3v) is 3.55. The van der Waals surface area contributed by atoms with Gasteiger partial charge in [-0.05, 0) is 57.2 Å². The number of aromatic nitrogens is 1. The Hall–Kier alpha value is -1.09. The predicted octanol–water partition coefficient (Wildman–Crippen LogP) is 3.46. The monoisotopic (exact) mass is 248 g/mol. The molecule has 18 heavy (non-hydrogen) atoms. The summed E-state index contributed by atoms with van der Waals surface area (Å²) in [6.45, 7) is 5.41. The van der Waals surface area contributed by atoms with E-state index < -0.39 is 0 Å². The van der Waals surface area contributed by atoms with Gasteiger partial charge in [-0.1, -0.05) is 6.92 Å². The number of hydrogen-bond donors (Lipinski definition) is 1. The lowest BCUT2D eigenvalue weighted by molar-refractivity contribution is 0.201. The van der Waals surface area contributed by atoms with Crippen molar-refractivity contribution >= 4 is 0 Å². The average molecular weight is 248 g/mol. The fourth-order valence-corrected chi connectivity index (χ4v) is 2.41. The quantitative estimate of drug-likeness (QED) is 0.837. The predicted molar refractivity (Wildman–Crippen MR) is 73.8 cm³/mol. The second-order valence-electron chi connectivity index (χ2n) is 5.13. The fraction of sp³-hybridized carbons (Fsp3) is 0.667. The first-order valence-electron chi connectivity index (χ1n) is 7.15. The second-order valence-corrected chi connectivity index (χ2v) is 5.13. The van der Waals surface area contributed by atoms with Gasteiger partial charge < -0.3 is 10.1 Å². The summed E-state index contributed by atoms with van der Waals surface area (Å²) >= 11 is 0. The Balaban J connectivity index is 1.95. The van der Waals surface area contributed by atoms with E-state index in [4.69, 9.17) is 4.74 Å². The van der Waals surface area contributed by atoms with Crippen molar-refractivity contribution in [3.63, 3.8) is 0 Å².